The van der Waals surface area contributed by atoms with Crippen molar-refractivity contribution in [3.05, 3.63) is 70.8 Å². The van der Waals surface area contributed by atoms with E-state index in [9.17, 15) is 14.4 Å². The van der Waals surface area contributed by atoms with Crippen molar-refractivity contribution in [3.8, 4) is 0 Å². The number of carbonyl (C=O) groups is 3. The Hall–Kier alpha value is -2.99. The summed E-state index contributed by atoms with van der Waals surface area (Å²) < 4.78 is 11.2. The zero-order valence-corrected chi connectivity index (χ0v) is 17.7. The summed E-state index contributed by atoms with van der Waals surface area (Å²) in [6, 6.07) is 13.5. The standard InChI is InChI=1S/C25H27NO5/c1-2-30-25(29)18-13-14-20-21(15-18)24(28)26(23(20)27)22(17-9-5-3-6-10-17)16-31-19-11-7-4-8-12-19/h3,5-6,9-10,13-15,19,22H,2,4,7-8,11-12,16H2,1H3/t22-/m1/s1. The molecule has 0 bridgehead atoms. The first-order chi connectivity index (χ1) is 15.1. The van der Waals surface area contributed by atoms with Gasteiger partial charge in [-0.2, -0.15) is 0 Å². The van der Waals surface area contributed by atoms with Crippen LogP contribution < -0.4 is 0 Å². The number of amides is 2. The minimum Gasteiger partial charge on any atom is -0.462 e. The van der Waals surface area contributed by atoms with Crippen LogP contribution in [0.1, 0.15) is 81.7 Å². The second-order valence-electron chi connectivity index (χ2n) is 7.98. The quantitative estimate of drug-likeness (QED) is 0.484. The molecule has 0 saturated heterocycles. The van der Waals surface area contributed by atoms with Crippen LogP contribution in [0.3, 0.4) is 0 Å². The first-order valence-electron chi connectivity index (χ1n) is 11.0. The minimum atomic E-state index is -0.526. The monoisotopic (exact) mass is 421 g/mol. The van der Waals surface area contributed by atoms with Crippen molar-refractivity contribution in [1.82, 2.24) is 4.90 Å². The summed E-state index contributed by atoms with van der Waals surface area (Å²) in [7, 11) is 0. The van der Waals surface area contributed by atoms with Gasteiger partial charge in [0.05, 0.1) is 42.0 Å². The number of fused-ring (bicyclic) bond motifs is 1. The van der Waals surface area contributed by atoms with Crippen LogP contribution in [-0.2, 0) is 9.47 Å². The zero-order valence-electron chi connectivity index (χ0n) is 17.7. The number of rotatable bonds is 7. The van der Waals surface area contributed by atoms with E-state index in [0.717, 1.165) is 31.2 Å². The Kier molecular flexibility index (Phi) is 6.47. The number of imide groups is 1. The van der Waals surface area contributed by atoms with Crippen LogP contribution in [0.5, 0.6) is 0 Å². The van der Waals surface area contributed by atoms with Crippen LogP contribution in [0.4, 0.5) is 0 Å². The second kappa shape index (κ2) is 9.43. The molecule has 4 rings (SSSR count). The highest BCUT2D eigenvalue weighted by Crippen LogP contribution is 2.33. The van der Waals surface area contributed by atoms with E-state index in [1.165, 1.54) is 29.5 Å². The number of hydrogen-bond acceptors (Lipinski definition) is 5. The maximum Gasteiger partial charge on any atom is 0.338 e. The van der Waals surface area contributed by atoms with Crippen molar-refractivity contribution in [2.75, 3.05) is 13.2 Å². The summed E-state index contributed by atoms with van der Waals surface area (Å²) in [6.07, 6.45) is 5.68. The molecule has 0 aromatic heterocycles. The van der Waals surface area contributed by atoms with Crippen molar-refractivity contribution in [1.29, 1.82) is 0 Å². The molecule has 2 aliphatic rings. The van der Waals surface area contributed by atoms with E-state index in [4.69, 9.17) is 9.47 Å². The fourth-order valence-corrected chi connectivity index (χ4v) is 4.34. The van der Waals surface area contributed by atoms with Crippen molar-refractivity contribution in [3.63, 3.8) is 0 Å². The van der Waals surface area contributed by atoms with Gasteiger partial charge in [-0.25, -0.2) is 4.79 Å². The summed E-state index contributed by atoms with van der Waals surface area (Å²) in [6.45, 7) is 2.22. The van der Waals surface area contributed by atoms with Crippen molar-refractivity contribution >= 4 is 17.8 Å². The van der Waals surface area contributed by atoms with E-state index in [1.807, 2.05) is 30.3 Å². The normalized spacial score (nSPS) is 17.5. The van der Waals surface area contributed by atoms with Gasteiger partial charge in [0, 0.05) is 0 Å². The number of esters is 1. The van der Waals surface area contributed by atoms with Crippen LogP contribution in [0.2, 0.25) is 0 Å². The number of benzene rings is 2. The first kappa shape index (κ1) is 21.2. The second-order valence-corrected chi connectivity index (χ2v) is 7.98. The summed E-state index contributed by atoms with van der Waals surface area (Å²) >= 11 is 0. The summed E-state index contributed by atoms with van der Waals surface area (Å²) in [5.74, 6) is -1.28. The topological polar surface area (TPSA) is 72.9 Å². The smallest absolute Gasteiger partial charge is 0.338 e. The Bertz CT molecular complexity index is 965. The van der Waals surface area contributed by atoms with Crippen LogP contribution in [0.25, 0.3) is 0 Å². The molecular weight excluding hydrogens is 394 g/mol. The summed E-state index contributed by atoms with van der Waals surface area (Å²) in [5, 5.41) is 0. The molecule has 2 aromatic rings. The van der Waals surface area contributed by atoms with Crippen LogP contribution in [0.15, 0.2) is 48.5 Å². The molecule has 1 aliphatic heterocycles. The average Bonchev–Trinajstić information content (AvgIpc) is 3.05. The SMILES string of the molecule is CCOC(=O)c1ccc2c(c1)C(=O)N([C@H](COC1CCCCC1)c1ccccc1)C2=O. The largest absolute Gasteiger partial charge is 0.462 e. The third kappa shape index (κ3) is 4.39. The third-order valence-electron chi connectivity index (χ3n) is 5.97. The summed E-state index contributed by atoms with van der Waals surface area (Å²) in [4.78, 5) is 39.9. The molecule has 1 atom stereocenters. The predicted molar refractivity (Wildman–Crippen MR) is 115 cm³/mol. The van der Waals surface area contributed by atoms with E-state index in [2.05, 4.69) is 0 Å². The lowest BCUT2D eigenvalue weighted by Gasteiger charge is -2.30. The van der Waals surface area contributed by atoms with Crippen LogP contribution in [-0.4, -0.2) is 42.0 Å². The van der Waals surface area contributed by atoms with E-state index in [1.54, 1.807) is 6.92 Å². The molecule has 1 heterocycles. The average molecular weight is 421 g/mol. The molecule has 1 fully saturated rings. The Balaban J connectivity index is 1.62. The number of carbonyl (C=O) groups excluding carboxylic acids is 3. The van der Waals surface area contributed by atoms with Gasteiger partial charge >= 0.3 is 5.97 Å². The van der Waals surface area contributed by atoms with Gasteiger partial charge in [0.15, 0.2) is 0 Å². The lowest BCUT2D eigenvalue weighted by Crippen LogP contribution is -2.37. The van der Waals surface area contributed by atoms with E-state index in [0.29, 0.717) is 5.56 Å². The molecule has 6 heteroatoms. The Labute approximate surface area is 182 Å². The highest BCUT2D eigenvalue weighted by atomic mass is 16.5. The van der Waals surface area contributed by atoms with E-state index >= 15 is 0 Å². The van der Waals surface area contributed by atoms with Crippen LogP contribution in [0, 0.1) is 0 Å². The molecule has 2 amide bonds. The lowest BCUT2D eigenvalue weighted by molar-refractivity contribution is -0.00386. The highest BCUT2D eigenvalue weighted by molar-refractivity contribution is 6.22. The fraction of sp³-hybridized carbons (Fsp3) is 0.400. The van der Waals surface area contributed by atoms with Crippen LogP contribution >= 0.6 is 0 Å². The zero-order chi connectivity index (χ0) is 21.8. The van der Waals surface area contributed by atoms with Gasteiger partial charge in [0.1, 0.15) is 0 Å². The predicted octanol–water partition coefficient (Wildman–Crippen LogP) is 4.55. The van der Waals surface area contributed by atoms with Crippen molar-refractivity contribution < 1.29 is 23.9 Å². The van der Waals surface area contributed by atoms with Crippen molar-refractivity contribution in [2.24, 2.45) is 0 Å². The van der Waals surface area contributed by atoms with Gasteiger partial charge in [-0.15, -0.1) is 0 Å². The molecule has 0 radical (unpaired) electrons. The maximum atomic E-state index is 13.3. The third-order valence-corrected chi connectivity index (χ3v) is 5.97. The summed E-state index contributed by atoms with van der Waals surface area (Å²) in [5.41, 5.74) is 1.64. The number of ether oxygens (including phenoxy) is 2. The molecular formula is C25H27NO5. The minimum absolute atomic E-state index is 0.158. The van der Waals surface area contributed by atoms with Crippen molar-refractivity contribution in [2.45, 2.75) is 51.2 Å². The lowest BCUT2D eigenvalue weighted by atomic mass is 9.97. The number of nitrogens with zero attached hydrogens (tertiary/aromatic N) is 1. The Morgan fingerprint density at radius 3 is 2.42 bits per heavy atom. The van der Waals surface area contributed by atoms with E-state index in [-0.39, 0.29) is 36.4 Å². The Morgan fingerprint density at radius 2 is 1.71 bits per heavy atom. The molecule has 6 nitrogen and oxygen atoms in total. The van der Waals surface area contributed by atoms with Gasteiger partial charge in [0.25, 0.3) is 11.8 Å². The van der Waals surface area contributed by atoms with Gasteiger partial charge in [-0.05, 0) is 43.5 Å². The van der Waals surface area contributed by atoms with Gasteiger partial charge in [-0.3, -0.25) is 14.5 Å². The molecule has 1 saturated carbocycles. The van der Waals surface area contributed by atoms with Gasteiger partial charge < -0.3 is 9.47 Å². The Morgan fingerprint density at radius 1 is 1.00 bits per heavy atom. The maximum absolute atomic E-state index is 13.3. The molecule has 0 spiro atoms. The molecule has 31 heavy (non-hydrogen) atoms. The highest BCUT2D eigenvalue weighted by Gasteiger charge is 2.41. The fourth-order valence-electron chi connectivity index (χ4n) is 4.34. The molecule has 2 aromatic carbocycles. The molecule has 1 aliphatic carbocycles. The molecule has 0 N–H and O–H groups in total. The van der Waals surface area contributed by atoms with Gasteiger partial charge in [-0.1, -0.05) is 49.6 Å². The molecule has 162 valence electrons. The number of hydrogen-bond donors (Lipinski definition) is 0. The van der Waals surface area contributed by atoms with Gasteiger partial charge in [0.2, 0.25) is 0 Å². The molecule has 0 unspecified atom stereocenters. The first-order valence-corrected chi connectivity index (χ1v) is 11.0. The van der Waals surface area contributed by atoms with E-state index < -0.39 is 17.9 Å².